The smallest absolute Gasteiger partial charge is 0.255 e. The number of methoxy groups -OCH3 is 1. The highest BCUT2D eigenvalue weighted by molar-refractivity contribution is 5.97. The minimum Gasteiger partial charge on any atom is -0.496 e. The molecule has 122 valence electrons. The van der Waals surface area contributed by atoms with Gasteiger partial charge in [0, 0.05) is 26.2 Å². The number of ether oxygens (including phenoxy) is 1. The largest absolute Gasteiger partial charge is 0.496 e. The lowest BCUT2D eigenvalue weighted by Gasteiger charge is -2.31. The van der Waals surface area contributed by atoms with Crippen molar-refractivity contribution >= 4 is 5.91 Å². The van der Waals surface area contributed by atoms with E-state index in [9.17, 15) is 9.90 Å². The Bertz CT molecular complexity index is 505. The number of piperidine rings is 1. The van der Waals surface area contributed by atoms with Gasteiger partial charge in [0.25, 0.3) is 5.91 Å². The van der Waals surface area contributed by atoms with E-state index < -0.39 is 0 Å². The first-order valence-electron chi connectivity index (χ1n) is 7.90. The predicted octanol–water partition coefficient (Wildman–Crippen LogP) is 1.44. The maximum absolute atomic E-state index is 12.2. The van der Waals surface area contributed by atoms with Gasteiger partial charge in [-0.15, -0.1) is 0 Å². The fourth-order valence-corrected chi connectivity index (χ4v) is 2.91. The summed E-state index contributed by atoms with van der Waals surface area (Å²) in [7, 11) is 1.58. The van der Waals surface area contributed by atoms with Gasteiger partial charge in [-0.2, -0.15) is 0 Å². The van der Waals surface area contributed by atoms with Gasteiger partial charge in [0.1, 0.15) is 5.75 Å². The second-order valence-electron chi connectivity index (χ2n) is 5.95. The van der Waals surface area contributed by atoms with Crippen molar-refractivity contribution < 1.29 is 14.6 Å². The van der Waals surface area contributed by atoms with Crippen LogP contribution in [0.1, 0.15) is 28.8 Å². The summed E-state index contributed by atoms with van der Waals surface area (Å²) in [6, 6.07) is 5.57. The average molecular weight is 306 g/mol. The van der Waals surface area contributed by atoms with Gasteiger partial charge in [0.2, 0.25) is 0 Å². The summed E-state index contributed by atoms with van der Waals surface area (Å²) in [5, 5.41) is 12.2. The van der Waals surface area contributed by atoms with E-state index in [1.807, 2.05) is 19.1 Å². The van der Waals surface area contributed by atoms with Crippen molar-refractivity contribution in [3.63, 3.8) is 0 Å². The highest BCUT2D eigenvalue weighted by Crippen LogP contribution is 2.19. The lowest BCUT2D eigenvalue weighted by atomic mass is 9.99. The number of carbonyl (C=O) groups is 1. The minimum atomic E-state index is -0.104. The lowest BCUT2D eigenvalue weighted by molar-refractivity contribution is 0.0928. The third-order valence-electron chi connectivity index (χ3n) is 4.18. The second kappa shape index (κ2) is 8.15. The van der Waals surface area contributed by atoms with Crippen LogP contribution in [0.3, 0.4) is 0 Å². The van der Waals surface area contributed by atoms with E-state index in [0.717, 1.165) is 38.0 Å². The van der Waals surface area contributed by atoms with E-state index in [4.69, 9.17) is 4.74 Å². The Kier molecular flexibility index (Phi) is 6.21. The lowest BCUT2D eigenvalue weighted by Crippen LogP contribution is -2.41. The van der Waals surface area contributed by atoms with E-state index in [1.54, 1.807) is 13.2 Å². The van der Waals surface area contributed by atoms with Gasteiger partial charge in [0.05, 0.1) is 12.7 Å². The Labute approximate surface area is 132 Å². The van der Waals surface area contributed by atoms with Crippen molar-refractivity contribution in [3.8, 4) is 5.75 Å². The molecule has 1 aromatic rings. The molecule has 0 aromatic heterocycles. The fraction of sp³-hybridized carbons (Fsp3) is 0.588. The van der Waals surface area contributed by atoms with Crippen molar-refractivity contribution in [2.45, 2.75) is 19.8 Å². The van der Waals surface area contributed by atoms with Gasteiger partial charge in [-0.3, -0.25) is 4.79 Å². The zero-order valence-corrected chi connectivity index (χ0v) is 13.5. The van der Waals surface area contributed by atoms with Gasteiger partial charge in [-0.25, -0.2) is 0 Å². The summed E-state index contributed by atoms with van der Waals surface area (Å²) in [6.45, 7) is 5.60. The average Bonchev–Trinajstić information content (AvgIpc) is 2.54. The van der Waals surface area contributed by atoms with Gasteiger partial charge in [0.15, 0.2) is 0 Å². The minimum absolute atomic E-state index is 0.104. The normalized spacial score (nSPS) is 19.0. The van der Waals surface area contributed by atoms with Crippen molar-refractivity contribution in [1.29, 1.82) is 0 Å². The molecule has 0 aliphatic carbocycles. The van der Waals surface area contributed by atoms with Crippen LogP contribution < -0.4 is 10.1 Å². The monoisotopic (exact) mass is 306 g/mol. The number of aliphatic hydroxyl groups is 1. The number of benzene rings is 1. The summed E-state index contributed by atoms with van der Waals surface area (Å²) in [5.41, 5.74) is 1.64. The number of carbonyl (C=O) groups excluding carboxylic acids is 1. The maximum Gasteiger partial charge on any atom is 0.255 e. The molecule has 0 radical (unpaired) electrons. The molecule has 2 N–H and O–H groups in total. The Morgan fingerprint density at radius 3 is 3.05 bits per heavy atom. The van der Waals surface area contributed by atoms with Crippen LogP contribution in [0.4, 0.5) is 0 Å². The second-order valence-corrected chi connectivity index (χ2v) is 5.95. The highest BCUT2D eigenvalue weighted by atomic mass is 16.5. The van der Waals surface area contributed by atoms with Crippen LogP contribution in [0.2, 0.25) is 0 Å². The molecular formula is C17H26N2O3. The summed E-state index contributed by atoms with van der Waals surface area (Å²) in [5.74, 6) is 0.880. The SMILES string of the molecule is COc1cc(C)ccc1C(=O)NCCN1CCCC(CO)C1. The zero-order chi connectivity index (χ0) is 15.9. The Morgan fingerprint density at radius 2 is 2.32 bits per heavy atom. The number of nitrogens with one attached hydrogen (secondary N) is 1. The number of amides is 1. The number of aryl methyl sites for hydroxylation is 1. The van der Waals surface area contributed by atoms with Crippen LogP contribution in [0, 0.1) is 12.8 Å². The topological polar surface area (TPSA) is 61.8 Å². The van der Waals surface area contributed by atoms with E-state index in [1.165, 1.54) is 0 Å². The van der Waals surface area contributed by atoms with Crippen LogP contribution in [-0.2, 0) is 0 Å². The standard InChI is InChI=1S/C17H26N2O3/c1-13-5-6-15(16(10-13)22-2)17(21)18-7-9-19-8-3-4-14(11-19)12-20/h5-6,10,14,20H,3-4,7-9,11-12H2,1-2H3,(H,18,21). The quantitative estimate of drug-likeness (QED) is 0.835. The van der Waals surface area contributed by atoms with E-state index in [2.05, 4.69) is 10.2 Å². The molecule has 1 aromatic carbocycles. The molecule has 5 nitrogen and oxygen atoms in total. The highest BCUT2D eigenvalue weighted by Gasteiger charge is 2.19. The Balaban J connectivity index is 1.83. The van der Waals surface area contributed by atoms with Crippen molar-refractivity contribution in [2.24, 2.45) is 5.92 Å². The molecule has 1 atom stereocenters. The van der Waals surface area contributed by atoms with Gasteiger partial charge in [-0.05, 0) is 49.9 Å². The van der Waals surface area contributed by atoms with E-state index in [0.29, 0.717) is 23.8 Å². The zero-order valence-electron chi connectivity index (χ0n) is 13.5. The maximum atomic E-state index is 12.2. The molecule has 0 spiro atoms. The van der Waals surface area contributed by atoms with Crippen LogP contribution in [-0.4, -0.2) is 55.8 Å². The molecule has 1 amide bonds. The van der Waals surface area contributed by atoms with Gasteiger partial charge in [-0.1, -0.05) is 6.07 Å². The number of rotatable bonds is 6. The Morgan fingerprint density at radius 1 is 1.50 bits per heavy atom. The van der Waals surface area contributed by atoms with Gasteiger partial charge >= 0.3 is 0 Å². The van der Waals surface area contributed by atoms with Crippen LogP contribution >= 0.6 is 0 Å². The van der Waals surface area contributed by atoms with Crippen molar-refractivity contribution in [2.75, 3.05) is 39.9 Å². The predicted molar refractivity (Wildman–Crippen MR) is 86.3 cm³/mol. The third kappa shape index (κ3) is 4.45. The van der Waals surface area contributed by atoms with E-state index >= 15 is 0 Å². The summed E-state index contributed by atoms with van der Waals surface area (Å²) in [4.78, 5) is 14.6. The summed E-state index contributed by atoms with van der Waals surface area (Å²) >= 11 is 0. The third-order valence-corrected chi connectivity index (χ3v) is 4.18. The number of hydrogen-bond donors (Lipinski definition) is 2. The van der Waals surface area contributed by atoms with Crippen LogP contribution in [0.25, 0.3) is 0 Å². The van der Waals surface area contributed by atoms with Crippen molar-refractivity contribution in [1.82, 2.24) is 10.2 Å². The molecule has 22 heavy (non-hydrogen) atoms. The molecule has 0 bridgehead atoms. The first-order valence-corrected chi connectivity index (χ1v) is 7.90. The van der Waals surface area contributed by atoms with E-state index in [-0.39, 0.29) is 12.5 Å². The Hall–Kier alpha value is -1.59. The van der Waals surface area contributed by atoms with Crippen molar-refractivity contribution in [3.05, 3.63) is 29.3 Å². The first-order chi connectivity index (χ1) is 10.6. The number of nitrogens with zero attached hydrogens (tertiary/aromatic N) is 1. The molecule has 1 aliphatic heterocycles. The first kappa shape index (κ1) is 16.8. The molecule has 1 heterocycles. The van der Waals surface area contributed by atoms with Crippen LogP contribution in [0.5, 0.6) is 5.75 Å². The molecule has 1 saturated heterocycles. The summed E-state index contributed by atoms with van der Waals surface area (Å²) in [6.07, 6.45) is 2.21. The molecule has 1 unspecified atom stereocenters. The fourth-order valence-electron chi connectivity index (χ4n) is 2.91. The number of hydrogen-bond acceptors (Lipinski definition) is 4. The molecular weight excluding hydrogens is 280 g/mol. The molecule has 2 rings (SSSR count). The number of aliphatic hydroxyl groups excluding tert-OH is 1. The van der Waals surface area contributed by atoms with Gasteiger partial charge < -0.3 is 20.1 Å². The van der Waals surface area contributed by atoms with Crippen LogP contribution in [0.15, 0.2) is 18.2 Å². The molecule has 1 fully saturated rings. The molecule has 0 saturated carbocycles. The molecule has 1 aliphatic rings. The molecule has 5 heteroatoms. The number of likely N-dealkylation sites (tertiary alicyclic amines) is 1. The summed E-state index contributed by atoms with van der Waals surface area (Å²) < 4.78 is 5.27.